The van der Waals surface area contributed by atoms with E-state index in [0.29, 0.717) is 31.9 Å². The number of likely N-dealkylation sites (tertiary alicyclic amines) is 1. The van der Waals surface area contributed by atoms with Crippen molar-refractivity contribution in [2.24, 2.45) is 17.8 Å². The number of nitrogens with zero attached hydrogens (tertiary/aromatic N) is 1. The van der Waals surface area contributed by atoms with Crippen molar-refractivity contribution >= 4 is 0 Å². The van der Waals surface area contributed by atoms with Gasteiger partial charge in [-0.05, 0) is 83.0 Å². The normalized spacial score (nSPS) is 43.7. The lowest BCUT2D eigenvalue weighted by Crippen LogP contribution is -2.52. The number of aliphatic hydroxyl groups excluding tert-OH is 1. The van der Waals surface area contributed by atoms with Gasteiger partial charge < -0.3 is 14.6 Å². The van der Waals surface area contributed by atoms with Gasteiger partial charge in [-0.25, -0.2) is 0 Å². The summed E-state index contributed by atoms with van der Waals surface area (Å²) >= 11 is 0. The molecule has 1 saturated heterocycles. The molecule has 4 aliphatic carbocycles. The van der Waals surface area contributed by atoms with Crippen LogP contribution in [0.15, 0.2) is 0 Å². The van der Waals surface area contributed by atoms with Crippen molar-refractivity contribution in [3.8, 4) is 0 Å². The summed E-state index contributed by atoms with van der Waals surface area (Å²) in [6.07, 6.45) is 11.6. The average Bonchev–Trinajstić information content (AvgIpc) is 2.57. The topological polar surface area (TPSA) is 41.9 Å². The van der Waals surface area contributed by atoms with E-state index in [1.54, 1.807) is 0 Å². The van der Waals surface area contributed by atoms with Gasteiger partial charge in [-0.1, -0.05) is 6.42 Å². The summed E-state index contributed by atoms with van der Waals surface area (Å²) in [5, 5.41) is 10.4. The number of aliphatic hydroxyl groups is 1. The number of hydrogen-bond donors (Lipinski definition) is 1. The van der Waals surface area contributed by atoms with Crippen molar-refractivity contribution in [3.63, 3.8) is 0 Å². The Bertz CT molecular complexity index is 423. The molecular formula is C22H39NO3. The summed E-state index contributed by atoms with van der Waals surface area (Å²) in [6, 6.07) is 1.15. The molecule has 1 N–H and O–H groups in total. The monoisotopic (exact) mass is 365 g/mol. The van der Waals surface area contributed by atoms with E-state index in [-0.39, 0.29) is 5.60 Å². The van der Waals surface area contributed by atoms with Gasteiger partial charge in [-0.15, -0.1) is 0 Å². The van der Waals surface area contributed by atoms with Crippen molar-refractivity contribution in [1.29, 1.82) is 0 Å². The van der Waals surface area contributed by atoms with E-state index in [1.807, 2.05) is 0 Å². The first kappa shape index (κ1) is 19.2. The predicted octanol–water partition coefficient (Wildman–Crippen LogP) is 3.61. The van der Waals surface area contributed by atoms with Crippen LogP contribution in [0.25, 0.3) is 0 Å². The number of ether oxygens (including phenoxy) is 2. The standard InChI is InChI=1S/C22H39NO3/c1-16-4-3-5-17(2)23(16)14-21(24)15-25-6-7-26-22-11-18-8-19(12-22)10-20(9-18)13-22/h16-21,24H,3-15H2,1-2H3/t16-,17-,18?,19?,20?,21+,22?/m0/s1. The fraction of sp³-hybridized carbons (Fsp3) is 1.00. The smallest absolute Gasteiger partial charge is 0.0900 e. The molecule has 4 heteroatoms. The van der Waals surface area contributed by atoms with Gasteiger partial charge in [0.1, 0.15) is 0 Å². The number of rotatable bonds is 8. The SMILES string of the molecule is C[C@H]1CCC[C@H](C)N1C[C@@H](O)COCCOC12CC3CC(CC(C3)C1)C2. The molecule has 0 aromatic carbocycles. The van der Waals surface area contributed by atoms with E-state index < -0.39 is 6.10 Å². The van der Waals surface area contributed by atoms with Gasteiger partial charge in [0, 0.05) is 18.6 Å². The maximum atomic E-state index is 10.4. The molecule has 0 amide bonds. The quantitative estimate of drug-likeness (QED) is 0.667. The van der Waals surface area contributed by atoms with Gasteiger partial charge >= 0.3 is 0 Å². The molecule has 0 aromatic rings. The minimum Gasteiger partial charge on any atom is -0.389 e. The van der Waals surface area contributed by atoms with E-state index in [9.17, 15) is 5.11 Å². The molecule has 0 unspecified atom stereocenters. The summed E-state index contributed by atoms with van der Waals surface area (Å²) < 4.78 is 12.2. The molecule has 4 bridgehead atoms. The van der Waals surface area contributed by atoms with Crippen LogP contribution in [0.3, 0.4) is 0 Å². The van der Waals surface area contributed by atoms with Crippen LogP contribution in [-0.2, 0) is 9.47 Å². The fourth-order valence-corrected chi connectivity index (χ4v) is 6.88. The van der Waals surface area contributed by atoms with E-state index in [0.717, 1.165) is 24.3 Å². The Morgan fingerprint density at radius 3 is 2.12 bits per heavy atom. The molecule has 26 heavy (non-hydrogen) atoms. The molecule has 1 heterocycles. The first-order valence-corrected chi connectivity index (χ1v) is 11.2. The number of β-amino-alcohol motifs (C(OH)–C–C–N with tert-alkyl or cyclic N) is 1. The minimum atomic E-state index is -0.391. The number of hydrogen-bond acceptors (Lipinski definition) is 4. The molecule has 5 rings (SSSR count). The van der Waals surface area contributed by atoms with Crippen LogP contribution in [0.5, 0.6) is 0 Å². The van der Waals surface area contributed by atoms with Crippen LogP contribution >= 0.6 is 0 Å². The Morgan fingerprint density at radius 2 is 1.54 bits per heavy atom. The van der Waals surface area contributed by atoms with E-state index in [1.165, 1.54) is 57.8 Å². The van der Waals surface area contributed by atoms with Crippen LogP contribution in [0.2, 0.25) is 0 Å². The molecule has 0 spiro atoms. The molecule has 5 fully saturated rings. The highest BCUT2D eigenvalue weighted by Gasteiger charge is 2.51. The van der Waals surface area contributed by atoms with Crippen LogP contribution in [0.4, 0.5) is 0 Å². The summed E-state index contributed by atoms with van der Waals surface area (Å²) in [6.45, 7) is 7.03. The van der Waals surface area contributed by atoms with E-state index >= 15 is 0 Å². The van der Waals surface area contributed by atoms with Crippen molar-refractivity contribution in [1.82, 2.24) is 4.90 Å². The van der Waals surface area contributed by atoms with Gasteiger partial charge in [0.05, 0.1) is 31.5 Å². The van der Waals surface area contributed by atoms with Gasteiger partial charge in [-0.2, -0.15) is 0 Å². The average molecular weight is 366 g/mol. The van der Waals surface area contributed by atoms with Crippen LogP contribution in [-0.4, -0.2) is 60.2 Å². The summed E-state index contributed by atoms with van der Waals surface area (Å²) in [5.41, 5.74) is 0.176. The Balaban J connectivity index is 1.13. The van der Waals surface area contributed by atoms with Crippen LogP contribution in [0.1, 0.15) is 71.6 Å². The Morgan fingerprint density at radius 1 is 0.962 bits per heavy atom. The third kappa shape index (κ3) is 4.29. The molecule has 0 radical (unpaired) electrons. The highest BCUT2D eigenvalue weighted by Crippen LogP contribution is 2.57. The molecular weight excluding hydrogens is 326 g/mol. The van der Waals surface area contributed by atoms with Crippen molar-refractivity contribution in [2.75, 3.05) is 26.4 Å². The third-order valence-electron chi connectivity index (χ3n) is 7.73. The van der Waals surface area contributed by atoms with Crippen LogP contribution in [0, 0.1) is 17.8 Å². The largest absolute Gasteiger partial charge is 0.389 e. The highest BCUT2D eigenvalue weighted by atomic mass is 16.5. The zero-order chi connectivity index (χ0) is 18.1. The first-order chi connectivity index (χ1) is 12.5. The van der Waals surface area contributed by atoms with E-state index in [2.05, 4.69) is 18.7 Å². The summed E-state index contributed by atoms with van der Waals surface area (Å²) in [4.78, 5) is 2.45. The molecule has 150 valence electrons. The lowest BCUT2D eigenvalue weighted by atomic mass is 9.54. The molecule has 1 aliphatic heterocycles. The van der Waals surface area contributed by atoms with E-state index in [4.69, 9.17) is 9.47 Å². The lowest BCUT2D eigenvalue weighted by molar-refractivity contribution is -0.170. The van der Waals surface area contributed by atoms with Gasteiger partial charge in [0.2, 0.25) is 0 Å². The first-order valence-electron chi connectivity index (χ1n) is 11.2. The molecule has 4 saturated carbocycles. The summed E-state index contributed by atoms with van der Waals surface area (Å²) in [5.74, 6) is 2.78. The second kappa shape index (κ2) is 8.06. The summed E-state index contributed by atoms with van der Waals surface area (Å²) in [7, 11) is 0. The minimum absolute atomic E-state index is 0.176. The number of piperidine rings is 1. The second-order valence-electron chi connectivity index (χ2n) is 10.0. The van der Waals surface area contributed by atoms with Crippen LogP contribution < -0.4 is 0 Å². The van der Waals surface area contributed by atoms with Crippen molar-refractivity contribution in [2.45, 2.75) is 95.4 Å². The van der Waals surface area contributed by atoms with Gasteiger partial charge in [0.15, 0.2) is 0 Å². The fourth-order valence-electron chi connectivity index (χ4n) is 6.88. The lowest BCUT2D eigenvalue weighted by Gasteiger charge is -2.56. The Hall–Kier alpha value is -0.160. The maximum absolute atomic E-state index is 10.4. The Labute approximate surface area is 159 Å². The predicted molar refractivity (Wildman–Crippen MR) is 103 cm³/mol. The molecule has 0 aromatic heterocycles. The van der Waals surface area contributed by atoms with Crippen molar-refractivity contribution in [3.05, 3.63) is 0 Å². The molecule has 5 aliphatic rings. The molecule has 3 atom stereocenters. The third-order valence-corrected chi connectivity index (χ3v) is 7.73. The second-order valence-corrected chi connectivity index (χ2v) is 10.0. The highest BCUT2D eigenvalue weighted by molar-refractivity contribution is 5.03. The zero-order valence-corrected chi connectivity index (χ0v) is 16.9. The zero-order valence-electron chi connectivity index (χ0n) is 16.9. The molecule has 4 nitrogen and oxygen atoms in total. The maximum Gasteiger partial charge on any atom is 0.0900 e. The van der Waals surface area contributed by atoms with Gasteiger partial charge in [-0.3, -0.25) is 4.90 Å². The Kier molecular flexibility index (Phi) is 5.95. The van der Waals surface area contributed by atoms with Crippen molar-refractivity contribution < 1.29 is 14.6 Å². The van der Waals surface area contributed by atoms with Gasteiger partial charge in [0.25, 0.3) is 0 Å².